The Balaban J connectivity index is 1.76. The number of alkyl halides is 3. The van der Waals surface area contributed by atoms with E-state index >= 15 is 0 Å². The molecule has 0 bridgehead atoms. The molecule has 0 aliphatic carbocycles. The maximum absolute atomic E-state index is 12.4. The van der Waals surface area contributed by atoms with Crippen LogP contribution in [-0.4, -0.2) is 22.2 Å². The number of imidazole rings is 1. The molecular formula is C17H12F3N3O2. The van der Waals surface area contributed by atoms with Crippen molar-refractivity contribution in [2.75, 3.05) is 5.32 Å². The third-order valence-corrected chi connectivity index (χ3v) is 3.31. The third-order valence-electron chi connectivity index (χ3n) is 3.31. The van der Waals surface area contributed by atoms with Crippen LogP contribution in [0.5, 0.6) is 5.75 Å². The van der Waals surface area contributed by atoms with Crippen molar-refractivity contribution in [1.82, 2.24) is 9.97 Å². The molecule has 25 heavy (non-hydrogen) atoms. The van der Waals surface area contributed by atoms with E-state index in [0.717, 1.165) is 17.3 Å². The van der Waals surface area contributed by atoms with Gasteiger partial charge in [0, 0.05) is 5.69 Å². The van der Waals surface area contributed by atoms with Crippen molar-refractivity contribution in [3.63, 3.8) is 0 Å². The van der Waals surface area contributed by atoms with Crippen LogP contribution in [0, 0.1) is 0 Å². The zero-order valence-electron chi connectivity index (χ0n) is 12.7. The van der Waals surface area contributed by atoms with E-state index < -0.39 is 18.0 Å². The summed E-state index contributed by atoms with van der Waals surface area (Å²) >= 11 is 0. The summed E-state index contributed by atoms with van der Waals surface area (Å²) in [5, 5.41) is 2.54. The zero-order chi connectivity index (χ0) is 17.9. The molecule has 2 aromatic carbocycles. The van der Waals surface area contributed by atoms with E-state index in [1.807, 2.05) is 0 Å². The fourth-order valence-electron chi connectivity index (χ4n) is 2.21. The van der Waals surface area contributed by atoms with Crippen LogP contribution in [0.2, 0.25) is 0 Å². The van der Waals surface area contributed by atoms with Crippen LogP contribution in [0.15, 0.2) is 61.1 Å². The Morgan fingerprint density at radius 3 is 2.44 bits per heavy atom. The summed E-state index contributed by atoms with van der Waals surface area (Å²) in [6, 6.07) is 11.9. The maximum atomic E-state index is 12.4. The molecule has 0 radical (unpaired) electrons. The Kier molecular flexibility index (Phi) is 4.42. The highest BCUT2D eigenvalue weighted by Gasteiger charge is 2.32. The van der Waals surface area contributed by atoms with E-state index in [1.165, 1.54) is 18.2 Å². The molecule has 0 spiro atoms. The van der Waals surface area contributed by atoms with Gasteiger partial charge in [0.05, 0.1) is 23.8 Å². The van der Waals surface area contributed by atoms with Gasteiger partial charge in [0.15, 0.2) is 0 Å². The van der Waals surface area contributed by atoms with Crippen molar-refractivity contribution in [3.05, 3.63) is 66.6 Å². The smallest absolute Gasteiger partial charge is 0.405 e. The number of amides is 1. The van der Waals surface area contributed by atoms with Gasteiger partial charge in [0.1, 0.15) is 5.75 Å². The molecule has 0 aliphatic rings. The molecule has 0 fully saturated rings. The summed E-state index contributed by atoms with van der Waals surface area (Å²) in [4.78, 5) is 19.1. The van der Waals surface area contributed by atoms with Gasteiger partial charge in [-0.05, 0) is 29.8 Å². The van der Waals surface area contributed by atoms with Gasteiger partial charge >= 0.3 is 6.36 Å². The van der Waals surface area contributed by atoms with Crippen LogP contribution in [-0.2, 0) is 0 Å². The number of carbonyl (C=O) groups is 1. The second-order valence-electron chi connectivity index (χ2n) is 5.04. The highest BCUT2D eigenvalue weighted by Crippen LogP contribution is 2.27. The lowest BCUT2D eigenvalue weighted by Crippen LogP contribution is -2.20. The van der Waals surface area contributed by atoms with Gasteiger partial charge < -0.3 is 15.0 Å². The van der Waals surface area contributed by atoms with Crippen LogP contribution >= 0.6 is 0 Å². The molecule has 5 nitrogen and oxygen atoms in total. The summed E-state index contributed by atoms with van der Waals surface area (Å²) in [6.07, 6.45) is -1.68. The van der Waals surface area contributed by atoms with Crippen LogP contribution in [0.4, 0.5) is 18.9 Å². The average molecular weight is 347 g/mol. The molecule has 1 heterocycles. The minimum Gasteiger partial charge on any atom is -0.405 e. The second-order valence-corrected chi connectivity index (χ2v) is 5.04. The Morgan fingerprint density at radius 2 is 1.80 bits per heavy atom. The number of hydrogen-bond donors (Lipinski definition) is 2. The van der Waals surface area contributed by atoms with E-state index in [0.29, 0.717) is 5.69 Å². The van der Waals surface area contributed by atoms with E-state index in [9.17, 15) is 18.0 Å². The molecule has 8 heteroatoms. The number of hydrogen-bond acceptors (Lipinski definition) is 3. The van der Waals surface area contributed by atoms with Crippen molar-refractivity contribution in [2.45, 2.75) is 6.36 Å². The Morgan fingerprint density at radius 1 is 1.08 bits per heavy atom. The largest absolute Gasteiger partial charge is 0.573 e. The molecule has 0 unspecified atom stereocenters. The van der Waals surface area contributed by atoms with Gasteiger partial charge in [-0.15, -0.1) is 13.2 Å². The Hall–Kier alpha value is -3.29. The van der Waals surface area contributed by atoms with Crippen molar-refractivity contribution >= 4 is 11.6 Å². The number of H-pyrrole nitrogens is 1. The lowest BCUT2D eigenvalue weighted by atomic mass is 10.1. The Bertz CT molecular complexity index is 860. The number of ether oxygens (including phenoxy) is 1. The van der Waals surface area contributed by atoms with E-state index in [4.69, 9.17) is 0 Å². The van der Waals surface area contributed by atoms with Crippen LogP contribution in [0.3, 0.4) is 0 Å². The van der Waals surface area contributed by atoms with Crippen molar-refractivity contribution in [3.8, 4) is 17.0 Å². The van der Waals surface area contributed by atoms with Gasteiger partial charge in [-0.25, -0.2) is 4.98 Å². The molecule has 0 aliphatic heterocycles. The molecule has 0 saturated heterocycles. The Labute approximate surface area is 140 Å². The monoisotopic (exact) mass is 347 g/mol. The predicted octanol–water partition coefficient (Wildman–Crippen LogP) is 4.23. The van der Waals surface area contributed by atoms with Crippen LogP contribution in [0.25, 0.3) is 11.3 Å². The highest BCUT2D eigenvalue weighted by molar-refractivity contribution is 6.06. The number of halogens is 3. The van der Waals surface area contributed by atoms with Crippen LogP contribution in [0.1, 0.15) is 10.4 Å². The number of para-hydroxylation sites is 1. The number of anilines is 1. The normalized spacial score (nSPS) is 11.2. The minimum atomic E-state index is -4.87. The first-order chi connectivity index (χ1) is 11.9. The predicted molar refractivity (Wildman–Crippen MR) is 85.1 cm³/mol. The fraction of sp³-hybridized carbons (Fsp3) is 0.0588. The second kappa shape index (κ2) is 6.68. The summed E-state index contributed by atoms with van der Waals surface area (Å²) in [6.45, 7) is 0. The van der Waals surface area contributed by atoms with Gasteiger partial charge in [0.25, 0.3) is 5.91 Å². The first-order valence-electron chi connectivity index (χ1n) is 7.17. The SMILES string of the molecule is O=C(Nc1ccc(-c2cnc[nH]2)cc1)c1ccccc1OC(F)(F)F. The first-order valence-corrected chi connectivity index (χ1v) is 7.17. The molecule has 3 rings (SSSR count). The topological polar surface area (TPSA) is 67.0 Å². The number of nitrogens with one attached hydrogen (secondary N) is 2. The molecule has 3 aromatic rings. The van der Waals surface area contributed by atoms with Gasteiger partial charge in [-0.3, -0.25) is 4.79 Å². The van der Waals surface area contributed by atoms with Crippen molar-refractivity contribution < 1.29 is 22.7 Å². The number of nitrogens with zero attached hydrogens (tertiary/aromatic N) is 1. The van der Waals surface area contributed by atoms with E-state index in [2.05, 4.69) is 20.0 Å². The molecule has 0 saturated carbocycles. The fourth-order valence-corrected chi connectivity index (χ4v) is 2.21. The van der Waals surface area contributed by atoms with Crippen molar-refractivity contribution in [2.24, 2.45) is 0 Å². The van der Waals surface area contributed by atoms with Crippen molar-refractivity contribution in [1.29, 1.82) is 0 Å². The molecule has 1 aromatic heterocycles. The van der Waals surface area contributed by atoms with Gasteiger partial charge in [-0.2, -0.15) is 0 Å². The third kappa shape index (κ3) is 4.17. The number of carbonyl (C=O) groups excluding carboxylic acids is 1. The quantitative estimate of drug-likeness (QED) is 0.742. The van der Waals surface area contributed by atoms with Gasteiger partial charge in [-0.1, -0.05) is 24.3 Å². The molecule has 0 atom stereocenters. The van der Waals surface area contributed by atoms with E-state index in [1.54, 1.807) is 36.8 Å². The number of rotatable bonds is 4. The summed E-state index contributed by atoms with van der Waals surface area (Å²) < 4.78 is 41.2. The molecule has 1 amide bonds. The average Bonchev–Trinajstić information content (AvgIpc) is 3.09. The van der Waals surface area contributed by atoms with E-state index in [-0.39, 0.29) is 5.56 Å². The first kappa shape index (κ1) is 16.6. The summed E-state index contributed by atoms with van der Waals surface area (Å²) in [5.74, 6) is -1.25. The molecular weight excluding hydrogens is 335 g/mol. The summed E-state index contributed by atoms with van der Waals surface area (Å²) in [7, 11) is 0. The number of aromatic nitrogens is 2. The summed E-state index contributed by atoms with van der Waals surface area (Å²) in [5.41, 5.74) is 1.89. The van der Waals surface area contributed by atoms with Crippen LogP contribution < -0.4 is 10.1 Å². The number of aromatic amines is 1. The zero-order valence-corrected chi connectivity index (χ0v) is 12.7. The maximum Gasteiger partial charge on any atom is 0.573 e. The molecule has 128 valence electrons. The lowest BCUT2D eigenvalue weighted by molar-refractivity contribution is -0.274. The minimum absolute atomic E-state index is 0.211. The molecule has 2 N–H and O–H groups in total. The number of benzene rings is 2. The van der Waals surface area contributed by atoms with Gasteiger partial charge in [0.2, 0.25) is 0 Å². The highest BCUT2D eigenvalue weighted by atomic mass is 19.4. The standard InChI is InChI=1S/C17H12F3N3O2/c18-17(19,20)25-15-4-2-1-3-13(15)16(24)23-12-7-5-11(6-8-12)14-9-21-10-22-14/h1-10H,(H,21,22)(H,23,24). The lowest BCUT2D eigenvalue weighted by Gasteiger charge is -2.13.